The number of carbonyl (C=O) groups is 2. The monoisotopic (exact) mass is 226 g/mol. The Morgan fingerprint density at radius 3 is 2.75 bits per heavy atom. The first-order valence-corrected chi connectivity index (χ1v) is 5.58. The van der Waals surface area contributed by atoms with E-state index in [4.69, 9.17) is 5.11 Å². The van der Waals surface area contributed by atoms with Crippen LogP contribution < -0.4 is 5.32 Å². The lowest BCUT2D eigenvalue weighted by Gasteiger charge is -2.25. The lowest BCUT2D eigenvalue weighted by Crippen LogP contribution is -2.48. The minimum atomic E-state index is -0.970. The first kappa shape index (κ1) is 12.5. The van der Waals surface area contributed by atoms with Gasteiger partial charge in [0.1, 0.15) is 6.04 Å². The summed E-state index contributed by atoms with van der Waals surface area (Å²) >= 11 is 0. The summed E-state index contributed by atoms with van der Waals surface area (Å²) in [6, 6.07) is -1.06. The normalized spacial score (nSPS) is 16.9. The fraction of sp³-hybridized carbons (Fsp3) is 0.636. The molecule has 0 aromatic carbocycles. The average molecular weight is 226 g/mol. The second kappa shape index (κ2) is 6.15. The minimum Gasteiger partial charge on any atom is -0.480 e. The molecule has 1 heterocycles. The van der Waals surface area contributed by atoms with Gasteiger partial charge in [0, 0.05) is 13.1 Å². The Kier molecular flexibility index (Phi) is 4.82. The summed E-state index contributed by atoms with van der Waals surface area (Å²) in [5.74, 6) is -0.970. The number of nitrogens with zero attached hydrogens (tertiary/aromatic N) is 1. The summed E-state index contributed by atoms with van der Waals surface area (Å²) in [5, 5.41) is 11.4. The Hall–Kier alpha value is -1.52. The van der Waals surface area contributed by atoms with E-state index in [1.165, 1.54) is 0 Å². The molecule has 1 aliphatic rings. The first-order chi connectivity index (χ1) is 7.65. The van der Waals surface area contributed by atoms with Gasteiger partial charge in [0.15, 0.2) is 0 Å². The van der Waals surface area contributed by atoms with Crippen LogP contribution in [-0.4, -0.2) is 41.1 Å². The highest BCUT2D eigenvalue weighted by molar-refractivity contribution is 5.82. The first-order valence-electron chi connectivity index (χ1n) is 5.58. The Bertz CT molecular complexity index is 289. The van der Waals surface area contributed by atoms with Crippen molar-refractivity contribution in [3.05, 3.63) is 12.2 Å². The number of carboxylic acids is 1. The van der Waals surface area contributed by atoms with Crippen molar-refractivity contribution in [3.8, 4) is 0 Å². The highest BCUT2D eigenvalue weighted by Crippen LogP contribution is 2.03. The lowest BCUT2D eigenvalue weighted by molar-refractivity contribution is -0.139. The molecule has 2 amide bonds. The molecule has 0 saturated carbocycles. The predicted molar refractivity (Wildman–Crippen MR) is 60.2 cm³/mol. The van der Waals surface area contributed by atoms with Crippen LogP contribution in [0, 0.1) is 0 Å². The summed E-state index contributed by atoms with van der Waals surface area (Å²) in [5.41, 5.74) is 0. The number of urea groups is 1. The number of hydrogen-bond donors (Lipinski definition) is 2. The van der Waals surface area contributed by atoms with Crippen LogP contribution in [0.5, 0.6) is 0 Å². The Morgan fingerprint density at radius 1 is 1.50 bits per heavy atom. The Morgan fingerprint density at radius 2 is 2.25 bits per heavy atom. The van der Waals surface area contributed by atoms with Crippen molar-refractivity contribution in [3.63, 3.8) is 0 Å². The van der Waals surface area contributed by atoms with Crippen LogP contribution in [0.2, 0.25) is 0 Å². The predicted octanol–water partition coefficient (Wildman–Crippen LogP) is 1.21. The van der Waals surface area contributed by atoms with Crippen molar-refractivity contribution in [2.75, 3.05) is 13.1 Å². The zero-order chi connectivity index (χ0) is 12.0. The molecule has 0 aliphatic carbocycles. The summed E-state index contributed by atoms with van der Waals surface area (Å²) in [7, 11) is 0. The fourth-order valence-electron chi connectivity index (χ4n) is 1.61. The molecule has 0 fully saturated rings. The van der Waals surface area contributed by atoms with Crippen molar-refractivity contribution in [1.82, 2.24) is 10.2 Å². The maximum atomic E-state index is 11.7. The highest BCUT2D eigenvalue weighted by Gasteiger charge is 2.22. The molecule has 0 aromatic heterocycles. The summed E-state index contributed by atoms with van der Waals surface area (Å²) in [6.45, 7) is 3.11. The van der Waals surface area contributed by atoms with Gasteiger partial charge in [-0.05, 0) is 12.8 Å². The van der Waals surface area contributed by atoms with Crippen LogP contribution in [0.15, 0.2) is 12.2 Å². The SMILES string of the molecule is CCCC(NC(=O)N1CC=CCC1)C(=O)O. The van der Waals surface area contributed by atoms with Crippen LogP contribution in [0.25, 0.3) is 0 Å². The standard InChI is InChI=1S/C11H18N2O3/c1-2-6-9(10(14)15)12-11(16)13-7-4-3-5-8-13/h3-4,9H,2,5-8H2,1H3,(H,12,16)(H,14,15). The molecule has 0 spiro atoms. The van der Waals surface area contributed by atoms with E-state index in [9.17, 15) is 9.59 Å². The van der Waals surface area contributed by atoms with Crippen molar-refractivity contribution in [1.29, 1.82) is 0 Å². The van der Waals surface area contributed by atoms with Crippen molar-refractivity contribution < 1.29 is 14.7 Å². The topological polar surface area (TPSA) is 69.6 Å². The quantitative estimate of drug-likeness (QED) is 0.708. The third kappa shape index (κ3) is 3.56. The number of rotatable bonds is 4. The second-order valence-electron chi connectivity index (χ2n) is 3.84. The molecule has 1 rings (SSSR count). The number of carboxylic acid groups (broad SMARTS) is 1. The van der Waals surface area contributed by atoms with Crippen molar-refractivity contribution in [2.24, 2.45) is 0 Å². The molecule has 1 aliphatic heterocycles. The molecule has 0 saturated heterocycles. The summed E-state index contributed by atoms with van der Waals surface area (Å²) < 4.78 is 0. The van der Waals surface area contributed by atoms with Crippen molar-refractivity contribution >= 4 is 12.0 Å². The number of amides is 2. The zero-order valence-electron chi connectivity index (χ0n) is 9.48. The van der Waals surface area contributed by atoms with Crippen LogP contribution in [0.4, 0.5) is 4.79 Å². The van der Waals surface area contributed by atoms with E-state index in [0.29, 0.717) is 19.5 Å². The van der Waals surface area contributed by atoms with Gasteiger partial charge < -0.3 is 15.3 Å². The van der Waals surface area contributed by atoms with Gasteiger partial charge in [-0.25, -0.2) is 9.59 Å². The van der Waals surface area contributed by atoms with Gasteiger partial charge in [0.05, 0.1) is 0 Å². The third-order valence-electron chi connectivity index (χ3n) is 2.52. The molecule has 0 aromatic rings. The molecule has 1 atom stereocenters. The zero-order valence-corrected chi connectivity index (χ0v) is 9.48. The fourth-order valence-corrected chi connectivity index (χ4v) is 1.61. The lowest BCUT2D eigenvalue weighted by atomic mass is 10.2. The molecular weight excluding hydrogens is 208 g/mol. The van der Waals surface area contributed by atoms with E-state index in [-0.39, 0.29) is 6.03 Å². The second-order valence-corrected chi connectivity index (χ2v) is 3.84. The molecule has 0 radical (unpaired) electrons. The van der Waals surface area contributed by atoms with Gasteiger partial charge in [-0.2, -0.15) is 0 Å². The van der Waals surface area contributed by atoms with Crippen LogP contribution in [0.3, 0.4) is 0 Å². The van der Waals surface area contributed by atoms with Crippen LogP contribution in [-0.2, 0) is 4.79 Å². The third-order valence-corrected chi connectivity index (χ3v) is 2.52. The molecule has 90 valence electrons. The van der Waals surface area contributed by atoms with E-state index >= 15 is 0 Å². The van der Waals surface area contributed by atoms with Crippen molar-refractivity contribution in [2.45, 2.75) is 32.2 Å². The van der Waals surface area contributed by atoms with E-state index in [1.54, 1.807) is 4.90 Å². The van der Waals surface area contributed by atoms with Gasteiger partial charge >= 0.3 is 12.0 Å². The van der Waals surface area contributed by atoms with E-state index in [2.05, 4.69) is 5.32 Å². The van der Waals surface area contributed by atoms with Gasteiger partial charge in [-0.15, -0.1) is 0 Å². The largest absolute Gasteiger partial charge is 0.480 e. The maximum Gasteiger partial charge on any atom is 0.326 e. The van der Waals surface area contributed by atoms with Gasteiger partial charge in [0.2, 0.25) is 0 Å². The van der Waals surface area contributed by atoms with E-state index in [0.717, 1.165) is 12.8 Å². The summed E-state index contributed by atoms with van der Waals surface area (Å²) in [4.78, 5) is 24.2. The smallest absolute Gasteiger partial charge is 0.326 e. The maximum absolute atomic E-state index is 11.7. The van der Waals surface area contributed by atoms with Gasteiger partial charge in [-0.3, -0.25) is 0 Å². The van der Waals surface area contributed by atoms with E-state index < -0.39 is 12.0 Å². The number of nitrogens with one attached hydrogen (secondary N) is 1. The molecule has 5 nitrogen and oxygen atoms in total. The molecule has 16 heavy (non-hydrogen) atoms. The Labute approximate surface area is 95.1 Å². The van der Waals surface area contributed by atoms with E-state index in [1.807, 2.05) is 19.1 Å². The molecular formula is C11H18N2O3. The molecule has 0 bridgehead atoms. The Balaban J connectivity index is 2.47. The van der Waals surface area contributed by atoms with Crippen LogP contribution in [0.1, 0.15) is 26.2 Å². The van der Waals surface area contributed by atoms with Crippen LogP contribution >= 0.6 is 0 Å². The number of aliphatic carboxylic acids is 1. The number of carbonyl (C=O) groups excluding carboxylic acids is 1. The average Bonchev–Trinajstić information content (AvgIpc) is 2.29. The molecule has 1 unspecified atom stereocenters. The molecule has 5 heteroatoms. The highest BCUT2D eigenvalue weighted by atomic mass is 16.4. The van der Waals surface area contributed by atoms with Gasteiger partial charge in [0.25, 0.3) is 0 Å². The molecule has 2 N–H and O–H groups in total. The minimum absolute atomic E-state index is 0.287. The number of hydrogen-bond acceptors (Lipinski definition) is 2. The van der Waals surface area contributed by atoms with Gasteiger partial charge in [-0.1, -0.05) is 25.5 Å². The summed E-state index contributed by atoms with van der Waals surface area (Å²) in [6.07, 6.45) is 5.96.